The number of nitrogens with one attached hydrogen (secondary N) is 1. The van der Waals surface area contributed by atoms with Gasteiger partial charge in [0, 0.05) is 16.7 Å². The Balaban J connectivity index is 1.42. The van der Waals surface area contributed by atoms with Gasteiger partial charge in [-0.25, -0.2) is 9.97 Å². The first-order valence-corrected chi connectivity index (χ1v) is 9.25. The Kier molecular flexibility index (Phi) is 4.18. The maximum Gasteiger partial charge on any atom is 0.209 e. The van der Waals surface area contributed by atoms with Crippen LogP contribution in [0.2, 0.25) is 0 Å². The van der Waals surface area contributed by atoms with Crippen LogP contribution in [0.4, 0.5) is 0 Å². The summed E-state index contributed by atoms with van der Waals surface area (Å²) in [5.74, 6) is 2.31. The number of furan rings is 1. The summed E-state index contributed by atoms with van der Waals surface area (Å²) in [6.45, 7) is 2.07. The molecular weight excluding hydrogens is 340 g/mol. The van der Waals surface area contributed by atoms with Crippen LogP contribution in [-0.2, 0) is 5.75 Å². The van der Waals surface area contributed by atoms with E-state index in [0.717, 1.165) is 38.8 Å². The molecule has 0 saturated carbocycles. The molecular formula is C17H14N4OS2. The average Bonchev–Trinajstić information content (AvgIpc) is 3.34. The first-order valence-electron chi connectivity index (χ1n) is 7.38. The second-order valence-corrected chi connectivity index (χ2v) is 7.04. The molecule has 0 aliphatic heterocycles. The zero-order valence-corrected chi connectivity index (χ0v) is 14.5. The fraction of sp³-hybridized carbons (Fsp3) is 0.118. The van der Waals surface area contributed by atoms with Crippen LogP contribution in [0.1, 0.15) is 11.3 Å². The van der Waals surface area contributed by atoms with Crippen LogP contribution in [-0.4, -0.2) is 20.2 Å². The molecule has 24 heavy (non-hydrogen) atoms. The van der Waals surface area contributed by atoms with Crippen molar-refractivity contribution in [1.29, 1.82) is 0 Å². The van der Waals surface area contributed by atoms with Gasteiger partial charge in [0.05, 0.1) is 12.0 Å². The standard InChI is InChI=1S/C17H14N4OS2/c1-11-4-6-12(7-5-11)15-19-17(21-20-15)24-10-13-9-23-16(18-13)14-3-2-8-22-14/h2-9H,10H2,1H3,(H,19,20,21). The van der Waals surface area contributed by atoms with Crippen LogP contribution >= 0.6 is 23.1 Å². The highest BCUT2D eigenvalue weighted by molar-refractivity contribution is 7.98. The number of aromatic nitrogens is 4. The number of aromatic amines is 1. The molecule has 0 unspecified atom stereocenters. The molecule has 0 aliphatic rings. The molecule has 0 spiro atoms. The number of hydrogen-bond acceptors (Lipinski definition) is 6. The highest BCUT2D eigenvalue weighted by atomic mass is 32.2. The lowest BCUT2D eigenvalue weighted by Gasteiger charge is -1.96. The Morgan fingerprint density at radius 2 is 2.04 bits per heavy atom. The number of nitrogens with zero attached hydrogens (tertiary/aromatic N) is 3. The molecule has 4 rings (SSSR count). The van der Waals surface area contributed by atoms with E-state index in [9.17, 15) is 0 Å². The van der Waals surface area contributed by atoms with E-state index >= 15 is 0 Å². The SMILES string of the molecule is Cc1ccc(-c2nc(SCc3csc(-c4ccco4)n3)n[nH]2)cc1. The molecule has 0 amide bonds. The number of thiazole rings is 1. The van der Waals surface area contributed by atoms with Crippen molar-refractivity contribution in [2.75, 3.05) is 0 Å². The van der Waals surface area contributed by atoms with Gasteiger partial charge in [0.25, 0.3) is 0 Å². The zero-order chi connectivity index (χ0) is 16.4. The van der Waals surface area contributed by atoms with Crippen molar-refractivity contribution in [1.82, 2.24) is 20.2 Å². The van der Waals surface area contributed by atoms with Gasteiger partial charge in [-0.15, -0.1) is 16.4 Å². The summed E-state index contributed by atoms with van der Waals surface area (Å²) in [4.78, 5) is 9.12. The molecule has 3 heterocycles. The van der Waals surface area contributed by atoms with Gasteiger partial charge in [-0.2, -0.15) is 0 Å². The Morgan fingerprint density at radius 1 is 1.17 bits per heavy atom. The summed E-state index contributed by atoms with van der Waals surface area (Å²) in [5, 5.41) is 10.9. The maximum absolute atomic E-state index is 5.37. The van der Waals surface area contributed by atoms with Crippen molar-refractivity contribution in [3.05, 3.63) is 59.3 Å². The predicted octanol–water partition coefficient (Wildman–Crippen LogP) is 4.79. The highest BCUT2D eigenvalue weighted by Crippen LogP contribution is 2.27. The second-order valence-electron chi connectivity index (χ2n) is 5.24. The summed E-state index contributed by atoms with van der Waals surface area (Å²) >= 11 is 3.14. The second kappa shape index (κ2) is 6.62. The smallest absolute Gasteiger partial charge is 0.209 e. The van der Waals surface area contributed by atoms with E-state index in [1.54, 1.807) is 29.4 Å². The van der Waals surface area contributed by atoms with Crippen molar-refractivity contribution in [3.63, 3.8) is 0 Å². The summed E-state index contributed by atoms with van der Waals surface area (Å²) in [7, 11) is 0. The van der Waals surface area contributed by atoms with Gasteiger partial charge in [0.1, 0.15) is 0 Å². The molecule has 1 aromatic carbocycles. The first-order chi connectivity index (χ1) is 11.8. The van der Waals surface area contributed by atoms with E-state index in [1.165, 1.54) is 5.56 Å². The first kappa shape index (κ1) is 15.2. The summed E-state index contributed by atoms with van der Waals surface area (Å²) in [6, 6.07) is 12.0. The lowest BCUT2D eigenvalue weighted by molar-refractivity contribution is 0.581. The van der Waals surface area contributed by atoms with E-state index in [2.05, 4.69) is 39.2 Å². The minimum atomic E-state index is 0.720. The molecule has 0 radical (unpaired) electrons. The van der Waals surface area contributed by atoms with Crippen molar-refractivity contribution in [3.8, 4) is 22.2 Å². The van der Waals surface area contributed by atoms with Gasteiger partial charge in [-0.1, -0.05) is 41.6 Å². The van der Waals surface area contributed by atoms with Crippen LogP contribution in [0.5, 0.6) is 0 Å². The third kappa shape index (κ3) is 3.27. The van der Waals surface area contributed by atoms with Crippen LogP contribution in [0.25, 0.3) is 22.2 Å². The van der Waals surface area contributed by atoms with Gasteiger partial charge in [-0.3, -0.25) is 5.10 Å². The largest absolute Gasteiger partial charge is 0.462 e. The van der Waals surface area contributed by atoms with Crippen molar-refractivity contribution < 1.29 is 4.42 Å². The number of thioether (sulfide) groups is 1. The summed E-state index contributed by atoms with van der Waals surface area (Å²) < 4.78 is 5.37. The van der Waals surface area contributed by atoms with Gasteiger partial charge >= 0.3 is 0 Å². The molecule has 0 bridgehead atoms. The molecule has 7 heteroatoms. The molecule has 4 aromatic rings. The summed E-state index contributed by atoms with van der Waals surface area (Å²) in [6.07, 6.45) is 1.66. The highest BCUT2D eigenvalue weighted by Gasteiger charge is 2.10. The number of rotatable bonds is 5. The van der Waals surface area contributed by atoms with Gasteiger partial charge in [0.2, 0.25) is 5.16 Å². The van der Waals surface area contributed by atoms with E-state index in [-0.39, 0.29) is 0 Å². The minimum Gasteiger partial charge on any atom is -0.462 e. The molecule has 0 atom stereocenters. The average molecular weight is 354 g/mol. The molecule has 120 valence electrons. The Morgan fingerprint density at radius 3 is 2.83 bits per heavy atom. The molecule has 0 saturated heterocycles. The van der Waals surface area contributed by atoms with E-state index < -0.39 is 0 Å². The predicted molar refractivity (Wildman–Crippen MR) is 95.9 cm³/mol. The van der Waals surface area contributed by atoms with E-state index in [1.807, 2.05) is 29.6 Å². The topological polar surface area (TPSA) is 67.6 Å². The third-order valence-corrected chi connectivity index (χ3v) is 5.21. The van der Waals surface area contributed by atoms with E-state index in [4.69, 9.17) is 4.42 Å². The monoisotopic (exact) mass is 354 g/mol. The number of aryl methyl sites for hydroxylation is 1. The van der Waals surface area contributed by atoms with Crippen molar-refractivity contribution in [2.24, 2.45) is 0 Å². The third-order valence-electron chi connectivity index (χ3n) is 3.42. The molecule has 0 aliphatic carbocycles. The van der Waals surface area contributed by atoms with Crippen LogP contribution in [0, 0.1) is 6.92 Å². The van der Waals surface area contributed by atoms with Crippen LogP contribution in [0.15, 0.2) is 57.6 Å². The molecule has 3 aromatic heterocycles. The molecule has 1 N–H and O–H groups in total. The lowest BCUT2D eigenvalue weighted by Crippen LogP contribution is -1.83. The Hall–Kier alpha value is -2.38. The minimum absolute atomic E-state index is 0.720. The van der Waals surface area contributed by atoms with Gasteiger partial charge in [-0.05, 0) is 19.1 Å². The number of H-pyrrole nitrogens is 1. The fourth-order valence-electron chi connectivity index (χ4n) is 2.18. The normalized spacial score (nSPS) is 11.0. The quantitative estimate of drug-likeness (QED) is 0.522. The van der Waals surface area contributed by atoms with E-state index in [0.29, 0.717) is 0 Å². The van der Waals surface area contributed by atoms with Crippen LogP contribution < -0.4 is 0 Å². The zero-order valence-electron chi connectivity index (χ0n) is 12.9. The van der Waals surface area contributed by atoms with Crippen LogP contribution in [0.3, 0.4) is 0 Å². The Bertz CT molecular complexity index is 926. The van der Waals surface area contributed by atoms with Crippen molar-refractivity contribution in [2.45, 2.75) is 17.8 Å². The maximum atomic E-state index is 5.37. The number of hydrogen-bond donors (Lipinski definition) is 1. The van der Waals surface area contributed by atoms with Crippen molar-refractivity contribution >= 4 is 23.1 Å². The fourth-order valence-corrected chi connectivity index (χ4v) is 3.76. The lowest BCUT2D eigenvalue weighted by atomic mass is 10.1. The van der Waals surface area contributed by atoms with Gasteiger partial charge in [0.15, 0.2) is 16.6 Å². The Labute approximate surface area is 147 Å². The number of benzene rings is 1. The molecule has 5 nitrogen and oxygen atoms in total. The summed E-state index contributed by atoms with van der Waals surface area (Å²) in [5.41, 5.74) is 3.26. The van der Waals surface area contributed by atoms with Gasteiger partial charge < -0.3 is 4.42 Å². The molecule has 0 fully saturated rings.